The Balaban J connectivity index is 2.09. The highest BCUT2D eigenvalue weighted by molar-refractivity contribution is 6.32. The van der Waals surface area contributed by atoms with Gasteiger partial charge in [-0.25, -0.2) is 17.6 Å². The molecule has 1 amide bonds. The minimum atomic E-state index is -3.16. The third-order valence-electron chi connectivity index (χ3n) is 3.76. The number of carbonyl (C=O) groups is 1. The Labute approximate surface area is 169 Å². The molecule has 1 heterocycles. The van der Waals surface area contributed by atoms with Crippen LogP contribution in [0.25, 0.3) is 0 Å². The molecule has 2 rings (SSSR count). The zero-order valence-electron chi connectivity index (χ0n) is 15.7. The molecule has 0 aliphatic rings. The molecule has 0 saturated carbocycles. The van der Waals surface area contributed by atoms with E-state index in [0.717, 1.165) is 0 Å². The van der Waals surface area contributed by atoms with Gasteiger partial charge >= 0.3 is 0 Å². The summed E-state index contributed by atoms with van der Waals surface area (Å²) in [6.45, 7) is 3.90. The first-order chi connectivity index (χ1) is 13.8. The zero-order chi connectivity index (χ0) is 21.6. The highest BCUT2D eigenvalue weighted by Gasteiger charge is 2.28. The number of ether oxygens (including phenoxy) is 2. The van der Waals surface area contributed by atoms with Crippen molar-refractivity contribution in [1.82, 2.24) is 15.1 Å². The molecule has 0 radical (unpaired) electrons. The lowest BCUT2D eigenvalue weighted by Crippen LogP contribution is -2.28. The van der Waals surface area contributed by atoms with Crippen LogP contribution in [-0.4, -0.2) is 28.9 Å². The molecule has 0 bridgehead atoms. The highest BCUT2D eigenvalue weighted by Crippen LogP contribution is 2.34. The topological polar surface area (TPSA) is 65.4 Å². The van der Waals surface area contributed by atoms with Crippen LogP contribution < -0.4 is 14.8 Å². The second-order valence-electron chi connectivity index (χ2n) is 5.77. The van der Waals surface area contributed by atoms with E-state index in [9.17, 15) is 22.4 Å². The minimum Gasteiger partial charge on any atom is -0.490 e. The van der Waals surface area contributed by atoms with Crippen molar-refractivity contribution >= 4 is 17.5 Å². The number of halogens is 5. The number of alkyl halides is 4. The number of rotatable bonds is 10. The van der Waals surface area contributed by atoms with Gasteiger partial charge in [0.1, 0.15) is 17.9 Å². The summed E-state index contributed by atoms with van der Waals surface area (Å²) in [7, 11) is 0. The van der Waals surface area contributed by atoms with Gasteiger partial charge in [0.2, 0.25) is 5.91 Å². The van der Waals surface area contributed by atoms with Crippen LogP contribution in [0.1, 0.15) is 43.6 Å². The van der Waals surface area contributed by atoms with Gasteiger partial charge < -0.3 is 14.8 Å². The first kappa shape index (κ1) is 22.8. The number of benzene rings is 1. The predicted octanol–water partition coefficient (Wildman–Crippen LogP) is 4.53. The second kappa shape index (κ2) is 10.3. The molecule has 0 unspecified atom stereocenters. The summed E-state index contributed by atoms with van der Waals surface area (Å²) in [4.78, 5) is 12.1. The lowest BCUT2D eigenvalue weighted by atomic mass is 10.2. The fraction of sp³-hybridized carbons (Fsp3) is 0.444. The number of aromatic nitrogens is 2. The van der Waals surface area contributed by atoms with Gasteiger partial charge in [-0.3, -0.25) is 9.48 Å². The lowest BCUT2D eigenvalue weighted by Gasteiger charge is -2.13. The third kappa shape index (κ3) is 5.75. The average Bonchev–Trinajstić information content (AvgIpc) is 2.98. The van der Waals surface area contributed by atoms with Crippen LogP contribution in [-0.2, 0) is 17.9 Å². The van der Waals surface area contributed by atoms with Gasteiger partial charge in [0, 0.05) is 6.54 Å². The summed E-state index contributed by atoms with van der Waals surface area (Å²) in [6, 6.07) is 5.07. The van der Waals surface area contributed by atoms with E-state index in [2.05, 4.69) is 10.4 Å². The molecule has 0 atom stereocenters. The van der Waals surface area contributed by atoms with E-state index in [1.807, 2.05) is 13.8 Å². The minimum absolute atomic E-state index is 0.0615. The number of nitrogens with zero attached hydrogens (tertiary/aromatic N) is 2. The van der Waals surface area contributed by atoms with Crippen molar-refractivity contribution in [3.05, 3.63) is 40.2 Å². The van der Waals surface area contributed by atoms with E-state index in [0.29, 0.717) is 35.0 Å². The van der Waals surface area contributed by atoms with Gasteiger partial charge in [-0.1, -0.05) is 17.7 Å². The summed E-state index contributed by atoms with van der Waals surface area (Å²) in [5.74, 6) is 0.358. The Morgan fingerprint density at radius 3 is 2.38 bits per heavy atom. The predicted molar refractivity (Wildman–Crippen MR) is 97.8 cm³/mol. The number of hydrogen-bond acceptors (Lipinski definition) is 4. The average molecular weight is 438 g/mol. The van der Waals surface area contributed by atoms with Gasteiger partial charge in [0.15, 0.2) is 11.5 Å². The van der Waals surface area contributed by atoms with E-state index < -0.39 is 41.7 Å². The molecule has 1 N–H and O–H groups in total. The van der Waals surface area contributed by atoms with Gasteiger partial charge in [0.25, 0.3) is 12.9 Å². The van der Waals surface area contributed by atoms with Crippen molar-refractivity contribution in [3.8, 4) is 11.5 Å². The van der Waals surface area contributed by atoms with Crippen molar-refractivity contribution in [3.63, 3.8) is 0 Å². The van der Waals surface area contributed by atoms with Gasteiger partial charge in [-0.15, -0.1) is 0 Å². The summed E-state index contributed by atoms with van der Waals surface area (Å²) < 4.78 is 63.4. The normalized spacial score (nSPS) is 11.2. The summed E-state index contributed by atoms with van der Waals surface area (Å²) in [5, 5.41) is 5.04. The van der Waals surface area contributed by atoms with Crippen molar-refractivity contribution in [2.24, 2.45) is 0 Å². The fourth-order valence-corrected chi connectivity index (χ4v) is 2.84. The Bertz CT molecular complexity index is 846. The molecule has 0 saturated heterocycles. The molecule has 0 fully saturated rings. The van der Waals surface area contributed by atoms with E-state index in [-0.39, 0.29) is 6.54 Å². The van der Waals surface area contributed by atoms with E-state index in [1.54, 1.807) is 18.2 Å². The van der Waals surface area contributed by atoms with E-state index in [1.165, 1.54) is 0 Å². The van der Waals surface area contributed by atoms with E-state index in [4.69, 9.17) is 21.1 Å². The molecular formula is C18H20ClF4N3O3. The molecule has 160 valence electrons. The van der Waals surface area contributed by atoms with Crippen LogP contribution >= 0.6 is 11.6 Å². The Morgan fingerprint density at radius 2 is 1.79 bits per heavy atom. The molecule has 6 nitrogen and oxygen atoms in total. The van der Waals surface area contributed by atoms with Gasteiger partial charge in [-0.05, 0) is 31.5 Å². The van der Waals surface area contributed by atoms with E-state index >= 15 is 0 Å². The Morgan fingerprint density at radius 1 is 1.14 bits per heavy atom. The molecule has 2 aromatic rings. The third-order valence-corrected chi connectivity index (χ3v) is 4.15. The molecule has 1 aromatic heterocycles. The smallest absolute Gasteiger partial charge is 0.283 e. The summed E-state index contributed by atoms with van der Waals surface area (Å²) >= 11 is 5.56. The standard InChI is InChI=1S/C18H20ClF4N3O3/c1-3-28-11-6-5-10(7-12(11)29-4-2)8-24-13(27)9-26-16(18(22)23)14(19)15(25-26)17(20)21/h5-7,17-18H,3-4,8-9H2,1-2H3,(H,24,27). The number of carbonyl (C=O) groups excluding carboxylic acids is 1. The molecule has 1 aromatic carbocycles. The fourth-order valence-electron chi connectivity index (χ4n) is 2.54. The first-order valence-electron chi connectivity index (χ1n) is 8.76. The second-order valence-corrected chi connectivity index (χ2v) is 6.15. The molecule has 0 aliphatic carbocycles. The number of nitrogens with one attached hydrogen (secondary N) is 1. The molecule has 0 aliphatic heterocycles. The van der Waals surface area contributed by atoms with Crippen LogP contribution in [0, 0.1) is 0 Å². The van der Waals surface area contributed by atoms with Crippen LogP contribution in [0.2, 0.25) is 5.02 Å². The molecule has 0 spiro atoms. The quantitative estimate of drug-likeness (QED) is 0.555. The molecule has 11 heteroatoms. The largest absolute Gasteiger partial charge is 0.490 e. The zero-order valence-corrected chi connectivity index (χ0v) is 16.5. The van der Waals surface area contributed by atoms with Crippen LogP contribution in [0.4, 0.5) is 17.6 Å². The van der Waals surface area contributed by atoms with Gasteiger partial charge in [-0.2, -0.15) is 5.10 Å². The van der Waals surface area contributed by atoms with Crippen molar-refractivity contribution in [2.45, 2.75) is 39.8 Å². The van der Waals surface area contributed by atoms with Crippen LogP contribution in [0.5, 0.6) is 11.5 Å². The SMILES string of the molecule is CCOc1ccc(CNC(=O)Cn2nc(C(F)F)c(Cl)c2C(F)F)cc1OCC. The maximum Gasteiger partial charge on any atom is 0.283 e. The van der Waals surface area contributed by atoms with Crippen LogP contribution in [0.15, 0.2) is 18.2 Å². The number of amides is 1. The Hall–Kier alpha value is -2.49. The monoisotopic (exact) mass is 437 g/mol. The number of hydrogen-bond donors (Lipinski definition) is 1. The summed E-state index contributed by atoms with van der Waals surface area (Å²) in [6.07, 6.45) is -6.29. The highest BCUT2D eigenvalue weighted by atomic mass is 35.5. The first-order valence-corrected chi connectivity index (χ1v) is 9.13. The maximum absolute atomic E-state index is 13.1. The van der Waals surface area contributed by atoms with Crippen molar-refractivity contribution in [2.75, 3.05) is 13.2 Å². The maximum atomic E-state index is 13.1. The summed E-state index contributed by atoms with van der Waals surface area (Å²) in [5.41, 5.74) is -1.23. The molecule has 29 heavy (non-hydrogen) atoms. The van der Waals surface area contributed by atoms with Crippen molar-refractivity contribution < 1.29 is 31.8 Å². The Kier molecular flexibility index (Phi) is 8.12. The van der Waals surface area contributed by atoms with Crippen molar-refractivity contribution in [1.29, 1.82) is 0 Å². The van der Waals surface area contributed by atoms with Crippen LogP contribution in [0.3, 0.4) is 0 Å². The van der Waals surface area contributed by atoms with Gasteiger partial charge in [0.05, 0.1) is 18.2 Å². The lowest BCUT2D eigenvalue weighted by molar-refractivity contribution is -0.122. The molecular weight excluding hydrogens is 418 g/mol.